The molecule has 3 aromatic rings. The van der Waals surface area contributed by atoms with E-state index in [1.807, 2.05) is 17.9 Å². The molecular formula is C35H35F6N5O4. The lowest BCUT2D eigenvalue weighted by atomic mass is 9.80. The molecule has 1 saturated heterocycles. The number of aromatic nitrogens is 2. The van der Waals surface area contributed by atoms with Crippen molar-refractivity contribution >= 4 is 17.9 Å². The minimum Gasteiger partial charge on any atom is -0.481 e. The summed E-state index contributed by atoms with van der Waals surface area (Å²) >= 11 is 0. The Bertz CT molecular complexity index is 1720. The maximum Gasteiger partial charge on any atom is 0.416 e. The van der Waals surface area contributed by atoms with Crippen molar-refractivity contribution in [3.8, 4) is 17.3 Å². The average Bonchev–Trinajstić information content (AvgIpc) is 3.35. The smallest absolute Gasteiger partial charge is 0.416 e. The number of carboxylic acid groups (broad SMARTS) is 1. The number of hydrogen-bond donors (Lipinski definition) is 1. The first-order chi connectivity index (χ1) is 23.6. The van der Waals surface area contributed by atoms with Crippen molar-refractivity contribution < 1.29 is 45.8 Å². The second-order valence-corrected chi connectivity index (χ2v) is 12.8. The fraction of sp³-hybridized carbons (Fsp3) is 0.457. The van der Waals surface area contributed by atoms with E-state index < -0.39 is 53.3 Å². The quantitative estimate of drug-likeness (QED) is 0.210. The third kappa shape index (κ3) is 8.28. The second kappa shape index (κ2) is 14.5. The van der Waals surface area contributed by atoms with Gasteiger partial charge in [0, 0.05) is 25.1 Å². The van der Waals surface area contributed by atoms with Crippen LogP contribution in [0.25, 0.3) is 11.3 Å². The van der Waals surface area contributed by atoms with Crippen LogP contribution in [0.1, 0.15) is 80.0 Å². The molecule has 0 bridgehead atoms. The lowest BCUT2D eigenvalue weighted by molar-refractivity contribution is -0.143. The summed E-state index contributed by atoms with van der Waals surface area (Å²) in [6.45, 7) is 4.26. The minimum atomic E-state index is -5.07. The van der Waals surface area contributed by atoms with Gasteiger partial charge in [-0.05, 0) is 87.3 Å². The molecule has 0 radical (unpaired) electrons. The molecule has 2 aromatic carbocycles. The minimum absolute atomic E-state index is 0.0250. The topological polar surface area (TPSA) is 120 Å². The van der Waals surface area contributed by atoms with Gasteiger partial charge in [0.25, 0.3) is 0 Å². The summed E-state index contributed by atoms with van der Waals surface area (Å²) in [6, 6.07) is 8.80. The Balaban J connectivity index is 1.47. The van der Waals surface area contributed by atoms with Crippen LogP contribution in [0.4, 0.5) is 37.0 Å². The van der Waals surface area contributed by atoms with Gasteiger partial charge in [0.15, 0.2) is 5.82 Å². The number of nitriles is 1. The zero-order valence-corrected chi connectivity index (χ0v) is 27.3. The summed E-state index contributed by atoms with van der Waals surface area (Å²) in [5, 5.41) is 18.4. The Morgan fingerprint density at radius 3 is 2.16 bits per heavy atom. The molecule has 1 N–H and O–H groups in total. The van der Waals surface area contributed by atoms with Crippen LogP contribution in [-0.2, 0) is 28.4 Å². The highest BCUT2D eigenvalue weighted by Gasteiger charge is 2.44. The van der Waals surface area contributed by atoms with Crippen LogP contribution in [0.15, 0.2) is 48.7 Å². The van der Waals surface area contributed by atoms with Gasteiger partial charge in [-0.15, -0.1) is 0 Å². The first-order valence-electron chi connectivity index (χ1n) is 16.2. The van der Waals surface area contributed by atoms with E-state index in [9.17, 15) is 46.3 Å². The Kier molecular flexibility index (Phi) is 10.6. The van der Waals surface area contributed by atoms with Crippen molar-refractivity contribution in [3.05, 3.63) is 76.6 Å². The van der Waals surface area contributed by atoms with Crippen LogP contribution in [0.2, 0.25) is 0 Å². The molecule has 1 saturated carbocycles. The van der Waals surface area contributed by atoms with Gasteiger partial charge in [-0.2, -0.15) is 31.6 Å². The molecule has 2 atom stereocenters. The van der Waals surface area contributed by atoms with Crippen LogP contribution >= 0.6 is 0 Å². The van der Waals surface area contributed by atoms with Gasteiger partial charge < -0.3 is 14.7 Å². The summed E-state index contributed by atoms with van der Waals surface area (Å²) in [4.78, 5) is 37.2. The lowest BCUT2D eigenvalue weighted by Crippen LogP contribution is -2.36. The van der Waals surface area contributed by atoms with Gasteiger partial charge in [-0.3, -0.25) is 9.69 Å². The molecule has 1 aliphatic carbocycles. The van der Waals surface area contributed by atoms with E-state index >= 15 is 0 Å². The van der Waals surface area contributed by atoms with Gasteiger partial charge in [0.05, 0.1) is 47.2 Å². The standard InChI is InChI=1S/C35H35F6N5O4/c1-3-45(18-23-6-4-21(5-7-23)12-30(47)48)32-29(44-28(17-43-32)24-10-8-22(16-42)9-11-24)19-46-20(2)31(50-33(46)49)25-13-26(34(36,37)38)15-27(14-25)35(39,40)41/h8-11,13-15,17,20-21,23,31H,3-7,12,18-19H2,1-2H3,(H,47,48)/t20-,21?,23?,31?/m0/s1. The highest BCUT2D eigenvalue weighted by Crippen LogP contribution is 2.41. The number of hydrogen-bond acceptors (Lipinski definition) is 7. The number of halogens is 6. The Morgan fingerprint density at radius 2 is 1.62 bits per heavy atom. The van der Waals surface area contributed by atoms with Crippen LogP contribution in [0, 0.1) is 23.2 Å². The van der Waals surface area contributed by atoms with Crippen LogP contribution in [0.5, 0.6) is 0 Å². The maximum absolute atomic E-state index is 13.6. The molecule has 1 aromatic heterocycles. The molecule has 1 amide bonds. The molecule has 15 heteroatoms. The zero-order chi connectivity index (χ0) is 36.4. The Morgan fingerprint density at radius 1 is 1.02 bits per heavy atom. The van der Waals surface area contributed by atoms with Crippen molar-refractivity contribution in [2.75, 3.05) is 18.0 Å². The van der Waals surface area contributed by atoms with Gasteiger partial charge in [0.1, 0.15) is 11.8 Å². The van der Waals surface area contributed by atoms with E-state index in [0.717, 1.165) is 25.7 Å². The molecule has 2 heterocycles. The summed E-state index contributed by atoms with van der Waals surface area (Å²) in [6.07, 6.45) is -7.67. The fourth-order valence-corrected chi connectivity index (χ4v) is 6.65. The molecule has 9 nitrogen and oxygen atoms in total. The van der Waals surface area contributed by atoms with Gasteiger partial charge in [-0.25, -0.2) is 14.8 Å². The average molecular weight is 704 g/mol. The monoisotopic (exact) mass is 703 g/mol. The SMILES string of the molecule is CCN(CC1CCC(CC(=O)O)CC1)c1ncc(-c2ccc(C#N)cc2)nc1CN1C(=O)OC(c2cc(C(F)(F)F)cc(C(F)(F)F)c2)[C@@H]1C. The molecule has 2 fully saturated rings. The van der Waals surface area contributed by atoms with Gasteiger partial charge in [-0.1, -0.05) is 12.1 Å². The number of carbonyl (C=O) groups excluding carboxylic acids is 1. The second-order valence-electron chi connectivity index (χ2n) is 12.8. The molecule has 2 aliphatic rings. The number of alkyl halides is 6. The van der Waals surface area contributed by atoms with Crippen LogP contribution in [-0.4, -0.2) is 51.2 Å². The number of carboxylic acids is 1. The van der Waals surface area contributed by atoms with Crippen LogP contribution < -0.4 is 4.90 Å². The number of cyclic esters (lactones) is 1. The molecule has 50 heavy (non-hydrogen) atoms. The van der Waals surface area contributed by atoms with E-state index in [-0.39, 0.29) is 30.9 Å². The van der Waals surface area contributed by atoms with Gasteiger partial charge in [0.2, 0.25) is 0 Å². The number of anilines is 1. The largest absolute Gasteiger partial charge is 0.481 e. The lowest BCUT2D eigenvalue weighted by Gasteiger charge is -2.33. The third-order valence-corrected chi connectivity index (χ3v) is 9.37. The highest BCUT2D eigenvalue weighted by molar-refractivity contribution is 5.72. The Labute approximate surface area is 284 Å². The number of aliphatic carboxylic acids is 1. The first-order valence-corrected chi connectivity index (χ1v) is 16.2. The summed E-state index contributed by atoms with van der Waals surface area (Å²) in [5.41, 5.74) is -1.66. The van der Waals surface area contributed by atoms with Crippen molar-refractivity contribution in [3.63, 3.8) is 0 Å². The number of nitrogens with zero attached hydrogens (tertiary/aromatic N) is 5. The predicted octanol–water partition coefficient (Wildman–Crippen LogP) is 8.24. The Hall–Kier alpha value is -4.87. The van der Waals surface area contributed by atoms with Crippen molar-refractivity contribution in [1.29, 1.82) is 5.26 Å². The normalized spacial score (nSPS) is 21.1. The predicted molar refractivity (Wildman–Crippen MR) is 168 cm³/mol. The number of ether oxygens (including phenoxy) is 1. The molecule has 5 rings (SSSR count). The molecule has 266 valence electrons. The number of rotatable bonds is 10. The third-order valence-electron chi connectivity index (χ3n) is 9.37. The van der Waals surface area contributed by atoms with Gasteiger partial charge >= 0.3 is 24.4 Å². The molecule has 0 spiro atoms. The highest BCUT2D eigenvalue weighted by atomic mass is 19.4. The van der Waals surface area contributed by atoms with E-state index in [1.54, 1.807) is 30.5 Å². The van der Waals surface area contributed by atoms with Crippen LogP contribution in [0.3, 0.4) is 0 Å². The van der Waals surface area contributed by atoms with Crippen molar-refractivity contribution in [2.24, 2.45) is 11.8 Å². The molecular weight excluding hydrogens is 668 g/mol. The van der Waals surface area contributed by atoms with E-state index in [2.05, 4.69) is 0 Å². The number of benzene rings is 2. The summed E-state index contributed by atoms with van der Waals surface area (Å²) in [5.74, 6) is -0.0340. The van der Waals surface area contributed by atoms with E-state index in [0.29, 0.717) is 53.6 Å². The number of carbonyl (C=O) groups is 2. The maximum atomic E-state index is 13.6. The van der Waals surface area contributed by atoms with E-state index in [4.69, 9.17) is 14.7 Å². The first kappa shape index (κ1) is 36.4. The fourth-order valence-electron chi connectivity index (χ4n) is 6.65. The van der Waals surface area contributed by atoms with E-state index in [1.165, 1.54) is 11.8 Å². The zero-order valence-electron chi connectivity index (χ0n) is 27.3. The summed E-state index contributed by atoms with van der Waals surface area (Å²) < 4.78 is 87.2. The molecule has 1 aliphatic heterocycles. The summed E-state index contributed by atoms with van der Waals surface area (Å²) in [7, 11) is 0. The van der Waals surface area contributed by atoms with Crippen molar-refractivity contribution in [2.45, 2.75) is 77.0 Å². The van der Waals surface area contributed by atoms with Crippen molar-refractivity contribution in [1.82, 2.24) is 14.9 Å². The number of amides is 1. The molecule has 1 unspecified atom stereocenters.